The van der Waals surface area contributed by atoms with E-state index in [2.05, 4.69) is 15.6 Å². The molecule has 128 valence electrons. The van der Waals surface area contributed by atoms with Crippen LogP contribution < -0.4 is 15.4 Å². The van der Waals surface area contributed by atoms with Crippen molar-refractivity contribution in [2.45, 2.75) is 6.42 Å². The lowest BCUT2D eigenvalue weighted by molar-refractivity contribution is -0.119. The Labute approximate surface area is 147 Å². The van der Waals surface area contributed by atoms with Crippen LogP contribution in [0.1, 0.15) is 5.56 Å². The van der Waals surface area contributed by atoms with E-state index in [1.165, 1.54) is 0 Å². The van der Waals surface area contributed by atoms with Crippen molar-refractivity contribution in [1.82, 2.24) is 10.3 Å². The summed E-state index contributed by atoms with van der Waals surface area (Å²) in [5.74, 6) is 0.794. The van der Waals surface area contributed by atoms with Crippen LogP contribution >= 0.6 is 0 Å². The number of anilines is 1. The number of rotatable bonds is 7. The van der Waals surface area contributed by atoms with E-state index in [9.17, 15) is 4.79 Å². The molecule has 0 aliphatic carbocycles. The fraction of sp³-hybridized carbons (Fsp3) is 0.200. The molecule has 0 bridgehead atoms. The van der Waals surface area contributed by atoms with Crippen LogP contribution in [0.2, 0.25) is 0 Å². The summed E-state index contributed by atoms with van der Waals surface area (Å²) in [4.78, 5) is 16.4. The Morgan fingerprint density at radius 1 is 1.08 bits per heavy atom. The molecule has 0 radical (unpaired) electrons. The molecule has 0 atom stereocenters. The standard InChI is InChI=1S/C20H21N3O2/c1-25-17-9-7-15(8-10-17)11-13-21-19(24)14-23-18-6-2-4-16-5-3-12-22-20(16)18/h2-10,12,23H,11,13-14H2,1H3,(H,21,24). The smallest absolute Gasteiger partial charge is 0.239 e. The molecule has 3 rings (SSSR count). The molecule has 0 unspecified atom stereocenters. The van der Waals surface area contributed by atoms with E-state index in [-0.39, 0.29) is 12.5 Å². The number of ether oxygens (including phenoxy) is 1. The third-order valence-corrected chi connectivity index (χ3v) is 3.97. The van der Waals surface area contributed by atoms with Crippen molar-refractivity contribution in [2.75, 3.05) is 25.5 Å². The number of methoxy groups -OCH3 is 1. The van der Waals surface area contributed by atoms with E-state index >= 15 is 0 Å². The van der Waals surface area contributed by atoms with Gasteiger partial charge in [0.05, 0.1) is 24.9 Å². The summed E-state index contributed by atoms with van der Waals surface area (Å²) in [6, 6.07) is 17.6. The number of hydrogen-bond acceptors (Lipinski definition) is 4. The molecule has 1 aromatic heterocycles. The van der Waals surface area contributed by atoms with Crippen LogP contribution in [0, 0.1) is 0 Å². The lowest BCUT2D eigenvalue weighted by atomic mass is 10.1. The van der Waals surface area contributed by atoms with Crippen LogP contribution in [0.15, 0.2) is 60.8 Å². The van der Waals surface area contributed by atoms with Crippen molar-refractivity contribution in [1.29, 1.82) is 0 Å². The SMILES string of the molecule is COc1ccc(CCNC(=O)CNc2cccc3cccnc23)cc1. The zero-order valence-corrected chi connectivity index (χ0v) is 14.2. The Morgan fingerprint density at radius 3 is 2.68 bits per heavy atom. The molecule has 2 N–H and O–H groups in total. The number of nitrogens with one attached hydrogen (secondary N) is 2. The fourth-order valence-electron chi connectivity index (χ4n) is 2.62. The lowest BCUT2D eigenvalue weighted by Crippen LogP contribution is -2.31. The maximum absolute atomic E-state index is 12.0. The summed E-state index contributed by atoms with van der Waals surface area (Å²) in [5.41, 5.74) is 2.90. The second-order valence-corrected chi connectivity index (χ2v) is 5.68. The number of para-hydroxylation sites is 1. The minimum atomic E-state index is -0.0403. The number of aromatic nitrogens is 1. The molecule has 2 aromatic carbocycles. The first-order chi connectivity index (χ1) is 12.3. The number of carbonyl (C=O) groups is 1. The molecule has 0 fully saturated rings. The van der Waals surface area contributed by atoms with Gasteiger partial charge in [-0.3, -0.25) is 9.78 Å². The minimum absolute atomic E-state index is 0.0403. The van der Waals surface area contributed by atoms with E-state index in [1.807, 2.05) is 54.6 Å². The molecule has 5 heteroatoms. The van der Waals surface area contributed by atoms with E-state index < -0.39 is 0 Å². The molecule has 1 heterocycles. The van der Waals surface area contributed by atoms with Crippen LogP contribution in [0.3, 0.4) is 0 Å². The van der Waals surface area contributed by atoms with Gasteiger partial charge >= 0.3 is 0 Å². The molecule has 25 heavy (non-hydrogen) atoms. The second-order valence-electron chi connectivity index (χ2n) is 5.68. The zero-order valence-electron chi connectivity index (χ0n) is 14.2. The van der Waals surface area contributed by atoms with Gasteiger partial charge in [0.15, 0.2) is 0 Å². The summed E-state index contributed by atoms with van der Waals surface area (Å²) in [6.07, 6.45) is 2.54. The number of carbonyl (C=O) groups excluding carboxylic acids is 1. The van der Waals surface area contributed by atoms with Gasteiger partial charge in [-0.25, -0.2) is 0 Å². The Morgan fingerprint density at radius 2 is 1.88 bits per heavy atom. The van der Waals surface area contributed by atoms with Crippen molar-refractivity contribution < 1.29 is 9.53 Å². The summed E-state index contributed by atoms with van der Waals surface area (Å²) in [6.45, 7) is 0.818. The number of hydrogen-bond donors (Lipinski definition) is 2. The first-order valence-electron chi connectivity index (χ1n) is 8.23. The second kappa shape index (κ2) is 8.15. The molecule has 5 nitrogen and oxygen atoms in total. The van der Waals surface area contributed by atoms with Crippen LogP contribution in [0.25, 0.3) is 10.9 Å². The topological polar surface area (TPSA) is 63.2 Å². The molecule has 0 aliphatic rings. The van der Waals surface area contributed by atoms with E-state index in [0.717, 1.165) is 34.3 Å². The number of nitrogens with zero attached hydrogens (tertiary/aromatic N) is 1. The van der Waals surface area contributed by atoms with Crippen molar-refractivity contribution in [3.8, 4) is 5.75 Å². The first kappa shape index (κ1) is 16.8. The monoisotopic (exact) mass is 335 g/mol. The summed E-state index contributed by atoms with van der Waals surface area (Å²) in [7, 11) is 1.65. The van der Waals surface area contributed by atoms with Crippen LogP contribution in [-0.2, 0) is 11.2 Å². The third kappa shape index (κ3) is 4.47. The summed E-state index contributed by atoms with van der Waals surface area (Å²) >= 11 is 0. The average molecular weight is 335 g/mol. The van der Waals surface area contributed by atoms with Crippen molar-refractivity contribution >= 4 is 22.5 Å². The molecule has 0 spiro atoms. The van der Waals surface area contributed by atoms with Crippen LogP contribution in [0.4, 0.5) is 5.69 Å². The highest BCUT2D eigenvalue weighted by atomic mass is 16.5. The van der Waals surface area contributed by atoms with E-state index in [0.29, 0.717) is 6.54 Å². The van der Waals surface area contributed by atoms with Gasteiger partial charge in [0.1, 0.15) is 5.75 Å². The Hall–Kier alpha value is -3.08. The van der Waals surface area contributed by atoms with Gasteiger partial charge in [0.2, 0.25) is 5.91 Å². The van der Waals surface area contributed by atoms with Crippen molar-refractivity contribution in [3.05, 3.63) is 66.4 Å². The van der Waals surface area contributed by atoms with Gasteiger partial charge in [-0.1, -0.05) is 30.3 Å². The number of benzene rings is 2. The van der Waals surface area contributed by atoms with E-state index in [4.69, 9.17) is 4.74 Å². The Bertz CT molecular complexity index is 842. The quantitative estimate of drug-likeness (QED) is 0.697. The molecule has 0 aliphatic heterocycles. The molecule has 1 amide bonds. The summed E-state index contributed by atoms with van der Waals surface area (Å²) < 4.78 is 5.13. The highest BCUT2D eigenvalue weighted by molar-refractivity contribution is 5.92. The Kier molecular flexibility index (Phi) is 5.46. The predicted octanol–water partition coefficient (Wildman–Crippen LogP) is 3.01. The van der Waals surface area contributed by atoms with Crippen LogP contribution in [0.5, 0.6) is 5.75 Å². The fourth-order valence-corrected chi connectivity index (χ4v) is 2.62. The Balaban J connectivity index is 1.47. The largest absolute Gasteiger partial charge is 0.497 e. The molecular formula is C20H21N3O2. The maximum Gasteiger partial charge on any atom is 0.239 e. The van der Waals surface area contributed by atoms with Gasteiger partial charge in [-0.05, 0) is 36.2 Å². The molecular weight excluding hydrogens is 314 g/mol. The van der Waals surface area contributed by atoms with Gasteiger partial charge in [-0.15, -0.1) is 0 Å². The minimum Gasteiger partial charge on any atom is -0.497 e. The van der Waals surface area contributed by atoms with Crippen molar-refractivity contribution in [2.24, 2.45) is 0 Å². The van der Waals surface area contributed by atoms with Gasteiger partial charge in [0.25, 0.3) is 0 Å². The highest BCUT2D eigenvalue weighted by Crippen LogP contribution is 2.20. The van der Waals surface area contributed by atoms with Crippen molar-refractivity contribution in [3.63, 3.8) is 0 Å². The van der Waals surface area contributed by atoms with Gasteiger partial charge in [-0.2, -0.15) is 0 Å². The molecule has 3 aromatic rings. The number of fused-ring (bicyclic) bond motifs is 1. The number of pyridine rings is 1. The van der Waals surface area contributed by atoms with Crippen LogP contribution in [-0.4, -0.2) is 31.1 Å². The highest BCUT2D eigenvalue weighted by Gasteiger charge is 2.04. The maximum atomic E-state index is 12.0. The van der Waals surface area contributed by atoms with Gasteiger partial charge < -0.3 is 15.4 Å². The predicted molar refractivity (Wildman–Crippen MR) is 99.9 cm³/mol. The zero-order chi connectivity index (χ0) is 17.5. The molecule has 0 saturated heterocycles. The average Bonchev–Trinajstić information content (AvgIpc) is 2.67. The van der Waals surface area contributed by atoms with Gasteiger partial charge in [0, 0.05) is 18.1 Å². The molecule has 0 saturated carbocycles. The van der Waals surface area contributed by atoms with E-state index in [1.54, 1.807) is 13.3 Å². The lowest BCUT2D eigenvalue weighted by Gasteiger charge is -2.10. The normalized spacial score (nSPS) is 10.4. The third-order valence-electron chi connectivity index (χ3n) is 3.97. The number of amides is 1. The first-order valence-corrected chi connectivity index (χ1v) is 8.23. The summed E-state index contributed by atoms with van der Waals surface area (Å²) in [5, 5.41) is 7.13.